The number of allylic oxidation sites excluding steroid dienone is 2. The van der Waals surface area contributed by atoms with Gasteiger partial charge in [-0.2, -0.15) is 4.99 Å². The van der Waals surface area contributed by atoms with Crippen molar-refractivity contribution >= 4 is 21.7 Å². The molecule has 7 heteroatoms. The molecule has 1 rings (SSSR count). The molecule has 1 aliphatic rings. The molecule has 0 aromatic heterocycles. The number of nitrogens with zero attached hydrogens (tertiary/aromatic N) is 1. The first-order chi connectivity index (χ1) is 8.62. The summed E-state index contributed by atoms with van der Waals surface area (Å²) in [6.45, 7) is 3.90. The summed E-state index contributed by atoms with van der Waals surface area (Å²) in [6.07, 6.45) is 3.43. The van der Waals surface area contributed by atoms with Gasteiger partial charge in [0, 0.05) is 11.8 Å². The van der Waals surface area contributed by atoms with Gasteiger partial charge in [-0.15, -0.1) is 0 Å². The molecule has 6 nitrogen and oxygen atoms in total. The molecule has 0 aromatic carbocycles. The second kappa shape index (κ2) is 5.56. The van der Waals surface area contributed by atoms with Gasteiger partial charge in [-0.1, -0.05) is 19.9 Å². The number of aliphatic imine (C=N–C) groups is 1. The van der Waals surface area contributed by atoms with Crippen molar-refractivity contribution in [3.05, 3.63) is 22.1 Å². The first-order valence-corrected chi connectivity index (χ1v) is 7.78. The van der Waals surface area contributed by atoms with E-state index >= 15 is 0 Å². The van der Waals surface area contributed by atoms with E-state index in [0.29, 0.717) is 17.6 Å². The molecule has 0 unspecified atom stereocenters. The third-order valence-electron chi connectivity index (χ3n) is 2.65. The van der Waals surface area contributed by atoms with E-state index in [1.807, 2.05) is 13.8 Å². The largest absolute Gasteiger partial charge is 0.370 e. The first-order valence-electron chi connectivity index (χ1n) is 5.89. The highest BCUT2D eigenvalue weighted by atomic mass is 32.2. The molecule has 0 heterocycles. The van der Waals surface area contributed by atoms with Crippen LogP contribution in [0.25, 0.3) is 0 Å². The van der Waals surface area contributed by atoms with Crippen molar-refractivity contribution < 1.29 is 13.2 Å². The zero-order valence-electron chi connectivity index (χ0n) is 11.3. The summed E-state index contributed by atoms with van der Waals surface area (Å²) < 4.78 is 23.4. The molecule has 0 fully saturated rings. The summed E-state index contributed by atoms with van der Waals surface area (Å²) in [5.41, 5.74) is 11.3. The topological polar surface area (TPSA) is 116 Å². The van der Waals surface area contributed by atoms with E-state index in [4.69, 9.17) is 11.5 Å². The number of sulfone groups is 1. The van der Waals surface area contributed by atoms with Crippen LogP contribution in [0.3, 0.4) is 0 Å². The molecule has 4 N–H and O–H groups in total. The molecular weight excluding hydrogens is 266 g/mol. The minimum absolute atomic E-state index is 0.218. The van der Waals surface area contributed by atoms with Crippen LogP contribution in [0, 0.1) is 5.92 Å². The van der Waals surface area contributed by atoms with Crippen LogP contribution in [0.2, 0.25) is 0 Å². The van der Waals surface area contributed by atoms with Crippen molar-refractivity contribution in [1.82, 2.24) is 0 Å². The fraction of sp³-hybridized carbons (Fsp3) is 0.500. The Morgan fingerprint density at radius 1 is 1.42 bits per heavy atom. The number of hydrogen-bond donors (Lipinski definition) is 2. The van der Waals surface area contributed by atoms with Gasteiger partial charge in [-0.3, -0.25) is 4.79 Å². The van der Waals surface area contributed by atoms with Gasteiger partial charge in [0.1, 0.15) is 0 Å². The van der Waals surface area contributed by atoms with Crippen LogP contribution in [0.1, 0.15) is 26.7 Å². The van der Waals surface area contributed by atoms with Crippen LogP contribution < -0.4 is 11.5 Å². The minimum atomic E-state index is -3.35. The van der Waals surface area contributed by atoms with Crippen LogP contribution in [0.4, 0.5) is 0 Å². The monoisotopic (exact) mass is 285 g/mol. The van der Waals surface area contributed by atoms with E-state index < -0.39 is 15.7 Å². The van der Waals surface area contributed by atoms with E-state index in [9.17, 15) is 13.2 Å². The summed E-state index contributed by atoms with van der Waals surface area (Å²) >= 11 is 0. The summed E-state index contributed by atoms with van der Waals surface area (Å²) in [5, 5.41) is 0. The Morgan fingerprint density at radius 3 is 2.42 bits per heavy atom. The van der Waals surface area contributed by atoms with Gasteiger partial charge in [-0.25, -0.2) is 8.42 Å². The summed E-state index contributed by atoms with van der Waals surface area (Å²) in [5.74, 6) is -0.667. The van der Waals surface area contributed by atoms with E-state index in [2.05, 4.69) is 4.99 Å². The molecule has 0 radical (unpaired) electrons. The molecular formula is C12H19N3O3S. The van der Waals surface area contributed by atoms with Crippen molar-refractivity contribution in [2.24, 2.45) is 22.4 Å². The maximum Gasteiger partial charge on any atom is 0.276 e. The molecule has 19 heavy (non-hydrogen) atoms. The number of guanidine groups is 1. The first kappa shape index (κ1) is 15.4. The molecule has 0 aliphatic heterocycles. The lowest BCUT2D eigenvalue weighted by molar-refractivity contribution is -0.114. The number of carbonyl (C=O) groups excluding carboxylic acids is 1. The maximum atomic E-state index is 11.9. The van der Waals surface area contributed by atoms with Crippen molar-refractivity contribution in [3.63, 3.8) is 0 Å². The Labute approximate surface area is 113 Å². The molecule has 0 spiro atoms. The molecule has 106 valence electrons. The molecule has 0 aromatic rings. The quantitative estimate of drug-likeness (QED) is 0.575. The normalized spacial score (nSPS) is 15.7. The van der Waals surface area contributed by atoms with Gasteiger partial charge in [0.05, 0.1) is 4.91 Å². The van der Waals surface area contributed by atoms with Gasteiger partial charge in [0.2, 0.25) is 0 Å². The third kappa shape index (κ3) is 3.92. The summed E-state index contributed by atoms with van der Waals surface area (Å²) in [7, 11) is -3.35. The van der Waals surface area contributed by atoms with Crippen molar-refractivity contribution in [3.8, 4) is 0 Å². The summed E-state index contributed by atoms with van der Waals surface area (Å²) in [4.78, 5) is 15.6. The van der Waals surface area contributed by atoms with Crippen LogP contribution in [-0.4, -0.2) is 26.5 Å². The maximum absolute atomic E-state index is 11.9. The number of rotatable bonds is 4. The lowest BCUT2D eigenvalue weighted by Gasteiger charge is -2.11. The third-order valence-corrected chi connectivity index (χ3v) is 3.87. The average molecular weight is 285 g/mol. The molecule has 0 bridgehead atoms. The second-order valence-electron chi connectivity index (χ2n) is 4.94. The summed E-state index contributed by atoms with van der Waals surface area (Å²) in [6, 6.07) is 0. The smallest absolute Gasteiger partial charge is 0.276 e. The van der Waals surface area contributed by atoms with E-state index in [0.717, 1.165) is 6.26 Å². The zero-order chi connectivity index (χ0) is 14.8. The molecule has 1 amide bonds. The lowest BCUT2D eigenvalue weighted by atomic mass is 10.00. The fourth-order valence-corrected chi connectivity index (χ4v) is 3.04. The van der Waals surface area contributed by atoms with Gasteiger partial charge in [0.25, 0.3) is 5.91 Å². The molecule has 0 saturated heterocycles. The fourth-order valence-electron chi connectivity index (χ4n) is 2.00. The Morgan fingerprint density at radius 2 is 2.00 bits per heavy atom. The number of amides is 1. The SMILES string of the molecule is CC(C)CC1=C(C(=O)N=C(N)N)CC=C1S(C)(=O)=O. The van der Waals surface area contributed by atoms with E-state index in [-0.39, 0.29) is 23.2 Å². The van der Waals surface area contributed by atoms with Gasteiger partial charge >= 0.3 is 0 Å². The van der Waals surface area contributed by atoms with Gasteiger partial charge in [0.15, 0.2) is 15.8 Å². The highest BCUT2D eigenvalue weighted by Gasteiger charge is 2.28. The standard InChI is InChI=1S/C12H19N3O3S/c1-7(2)6-9-8(11(16)15-12(13)14)4-5-10(9)19(3,17)18/h5,7H,4,6H2,1-3H3,(H4,13,14,15,16). The number of hydrogen-bond acceptors (Lipinski definition) is 3. The highest BCUT2D eigenvalue weighted by molar-refractivity contribution is 7.94. The Hall–Kier alpha value is -1.63. The van der Waals surface area contributed by atoms with Crippen LogP contribution in [0.15, 0.2) is 27.1 Å². The van der Waals surface area contributed by atoms with Crippen molar-refractivity contribution in [2.45, 2.75) is 26.7 Å². The van der Waals surface area contributed by atoms with E-state index in [1.54, 1.807) is 6.08 Å². The van der Waals surface area contributed by atoms with Crippen molar-refractivity contribution in [2.75, 3.05) is 6.26 Å². The lowest BCUT2D eigenvalue weighted by Crippen LogP contribution is -2.24. The number of carbonyl (C=O) groups is 1. The van der Waals surface area contributed by atoms with Crippen LogP contribution in [0.5, 0.6) is 0 Å². The second-order valence-corrected chi connectivity index (χ2v) is 6.93. The Balaban J connectivity index is 3.26. The Bertz CT molecular complexity index is 579. The van der Waals surface area contributed by atoms with Crippen LogP contribution >= 0.6 is 0 Å². The van der Waals surface area contributed by atoms with E-state index in [1.165, 1.54) is 0 Å². The Kier molecular flexibility index (Phi) is 4.52. The zero-order valence-corrected chi connectivity index (χ0v) is 12.1. The van der Waals surface area contributed by atoms with Gasteiger partial charge in [-0.05, 0) is 24.3 Å². The predicted molar refractivity (Wildman–Crippen MR) is 74.8 cm³/mol. The van der Waals surface area contributed by atoms with Crippen LogP contribution in [-0.2, 0) is 14.6 Å². The minimum Gasteiger partial charge on any atom is -0.370 e. The predicted octanol–water partition coefficient (Wildman–Crippen LogP) is 0.461. The average Bonchev–Trinajstić information content (AvgIpc) is 2.58. The molecule has 1 aliphatic carbocycles. The molecule has 0 atom stereocenters. The molecule has 0 saturated carbocycles. The highest BCUT2D eigenvalue weighted by Crippen LogP contribution is 2.34. The van der Waals surface area contributed by atoms with Gasteiger partial charge < -0.3 is 11.5 Å². The van der Waals surface area contributed by atoms with Crippen molar-refractivity contribution in [1.29, 1.82) is 0 Å². The number of nitrogens with two attached hydrogens (primary N) is 2.